The van der Waals surface area contributed by atoms with Crippen molar-refractivity contribution in [3.05, 3.63) is 11.3 Å². The summed E-state index contributed by atoms with van der Waals surface area (Å²) in [6, 6.07) is 0.375. The number of aromatic nitrogens is 2. The summed E-state index contributed by atoms with van der Waals surface area (Å²) < 4.78 is 5.74. The van der Waals surface area contributed by atoms with Crippen molar-refractivity contribution in [1.82, 2.24) is 19.8 Å². The Morgan fingerprint density at radius 1 is 1.16 bits per heavy atom. The van der Waals surface area contributed by atoms with Gasteiger partial charge in [-0.3, -0.25) is 9.59 Å². The van der Waals surface area contributed by atoms with Crippen LogP contribution >= 0.6 is 0 Å². The minimum absolute atomic E-state index is 0.0159. The van der Waals surface area contributed by atoms with E-state index in [0.717, 1.165) is 30.8 Å². The first kappa shape index (κ1) is 21.8. The van der Waals surface area contributed by atoms with Crippen LogP contribution in [-0.4, -0.2) is 89.6 Å². The van der Waals surface area contributed by atoms with Gasteiger partial charge in [0.05, 0.1) is 19.2 Å². The number of amides is 2. The molecular formula is C22H34N6O3. The van der Waals surface area contributed by atoms with Crippen LogP contribution in [-0.2, 0) is 16.1 Å². The van der Waals surface area contributed by atoms with Crippen molar-refractivity contribution in [2.45, 2.75) is 59.2 Å². The molecule has 1 aromatic rings. The molecule has 0 N–H and O–H groups in total. The number of carbonyl (C=O) groups is 2. The van der Waals surface area contributed by atoms with Crippen LogP contribution < -0.4 is 9.80 Å². The molecule has 0 radical (unpaired) electrons. The highest BCUT2D eigenvalue weighted by molar-refractivity contribution is 5.98. The second-order valence-electron chi connectivity index (χ2n) is 8.84. The Morgan fingerprint density at radius 3 is 2.55 bits per heavy atom. The lowest BCUT2D eigenvalue weighted by atomic mass is 10.2. The second kappa shape index (κ2) is 8.98. The highest BCUT2D eigenvalue weighted by Crippen LogP contribution is 2.35. The van der Waals surface area contributed by atoms with Crippen molar-refractivity contribution >= 4 is 23.6 Å². The first-order chi connectivity index (χ1) is 14.9. The zero-order valence-electron chi connectivity index (χ0n) is 19.1. The average molecular weight is 431 g/mol. The van der Waals surface area contributed by atoms with Crippen LogP contribution in [0.2, 0.25) is 0 Å². The summed E-state index contributed by atoms with van der Waals surface area (Å²) >= 11 is 0. The Bertz CT molecular complexity index is 837. The number of nitrogens with zero attached hydrogens (tertiary/aromatic N) is 6. The summed E-state index contributed by atoms with van der Waals surface area (Å²) in [5.74, 6) is 1.55. The molecule has 0 aromatic carbocycles. The van der Waals surface area contributed by atoms with Crippen LogP contribution in [0, 0.1) is 0 Å². The number of fused-ring (bicyclic) bond motifs is 1. The number of piperazine rings is 1. The molecule has 3 aliphatic rings. The number of rotatable bonds is 6. The summed E-state index contributed by atoms with van der Waals surface area (Å²) in [6.07, 6.45) is 2.15. The van der Waals surface area contributed by atoms with Crippen molar-refractivity contribution < 1.29 is 14.3 Å². The molecule has 4 heterocycles. The van der Waals surface area contributed by atoms with Gasteiger partial charge >= 0.3 is 0 Å². The van der Waals surface area contributed by atoms with E-state index in [1.165, 1.54) is 0 Å². The van der Waals surface area contributed by atoms with Gasteiger partial charge in [0.15, 0.2) is 0 Å². The van der Waals surface area contributed by atoms with Crippen molar-refractivity contribution in [3.8, 4) is 0 Å². The fourth-order valence-electron chi connectivity index (χ4n) is 4.72. The van der Waals surface area contributed by atoms with Crippen molar-refractivity contribution in [2.75, 3.05) is 55.7 Å². The lowest BCUT2D eigenvalue weighted by Crippen LogP contribution is -2.48. The van der Waals surface area contributed by atoms with Gasteiger partial charge in [0.25, 0.3) is 5.91 Å². The minimum Gasteiger partial charge on any atom is -0.380 e. The van der Waals surface area contributed by atoms with Crippen LogP contribution in [0.1, 0.15) is 56.6 Å². The highest BCUT2D eigenvalue weighted by atomic mass is 16.5. The van der Waals surface area contributed by atoms with Crippen molar-refractivity contribution in [1.29, 1.82) is 0 Å². The molecule has 9 nitrogen and oxygen atoms in total. The van der Waals surface area contributed by atoms with E-state index in [0.29, 0.717) is 57.6 Å². The Balaban J connectivity index is 1.68. The fourth-order valence-corrected chi connectivity index (χ4v) is 4.72. The van der Waals surface area contributed by atoms with Gasteiger partial charge in [-0.05, 0) is 33.6 Å². The molecule has 1 aromatic heterocycles. The van der Waals surface area contributed by atoms with Gasteiger partial charge in [0.1, 0.15) is 11.5 Å². The zero-order valence-corrected chi connectivity index (χ0v) is 19.1. The number of carbonyl (C=O) groups excluding carboxylic acids is 2. The molecule has 170 valence electrons. The van der Waals surface area contributed by atoms with Gasteiger partial charge < -0.3 is 24.3 Å². The molecule has 2 amide bonds. The maximum absolute atomic E-state index is 13.2. The van der Waals surface area contributed by atoms with Gasteiger partial charge in [-0.1, -0.05) is 0 Å². The number of ether oxygens (including phenoxy) is 1. The molecule has 0 saturated carbocycles. The molecular weight excluding hydrogens is 396 g/mol. The standard InChI is InChI=1S/C22H34N6O3/c1-5-31-14-17-7-6-8-27(17)20-18-13-28(15(2)3)21(30)19(18)23-22(24-20)26-11-9-25(10-12-26)16(4)29/h15,17H,5-14H2,1-4H3. The summed E-state index contributed by atoms with van der Waals surface area (Å²) in [7, 11) is 0. The maximum Gasteiger partial charge on any atom is 0.273 e. The Hall–Kier alpha value is -2.42. The third-order valence-corrected chi connectivity index (χ3v) is 6.56. The zero-order chi connectivity index (χ0) is 22.1. The Labute approximate surface area is 184 Å². The van der Waals surface area contributed by atoms with E-state index in [4.69, 9.17) is 14.7 Å². The average Bonchev–Trinajstić information content (AvgIpc) is 3.36. The van der Waals surface area contributed by atoms with Crippen LogP contribution in [0.15, 0.2) is 0 Å². The summed E-state index contributed by atoms with van der Waals surface area (Å²) in [6.45, 7) is 13.1. The third kappa shape index (κ3) is 4.20. The van der Waals surface area contributed by atoms with E-state index in [1.807, 2.05) is 30.6 Å². The Morgan fingerprint density at radius 2 is 1.90 bits per heavy atom. The van der Waals surface area contributed by atoms with Crippen molar-refractivity contribution in [3.63, 3.8) is 0 Å². The normalized spacial score (nSPS) is 21.5. The topological polar surface area (TPSA) is 82.1 Å². The summed E-state index contributed by atoms with van der Waals surface area (Å²) in [5, 5.41) is 0. The number of hydrogen-bond acceptors (Lipinski definition) is 7. The van der Waals surface area contributed by atoms with Gasteiger partial charge in [0.2, 0.25) is 11.9 Å². The summed E-state index contributed by atoms with van der Waals surface area (Å²) in [4.78, 5) is 42.7. The SMILES string of the molecule is CCOCC1CCCN1c1nc(N2CCN(C(C)=O)CC2)nc2c1CN(C(C)C)C2=O. The molecule has 1 unspecified atom stereocenters. The van der Waals surface area contributed by atoms with E-state index in [-0.39, 0.29) is 23.9 Å². The van der Waals surface area contributed by atoms with Crippen LogP contribution in [0.3, 0.4) is 0 Å². The second-order valence-corrected chi connectivity index (χ2v) is 8.84. The molecule has 0 bridgehead atoms. The smallest absolute Gasteiger partial charge is 0.273 e. The van der Waals surface area contributed by atoms with Crippen molar-refractivity contribution in [2.24, 2.45) is 0 Å². The highest BCUT2D eigenvalue weighted by Gasteiger charge is 2.38. The van der Waals surface area contributed by atoms with Crippen LogP contribution in [0.5, 0.6) is 0 Å². The Kier molecular flexibility index (Phi) is 6.31. The first-order valence-electron chi connectivity index (χ1n) is 11.5. The van der Waals surface area contributed by atoms with Gasteiger partial charge in [-0.15, -0.1) is 0 Å². The van der Waals surface area contributed by atoms with Crippen LogP contribution in [0.25, 0.3) is 0 Å². The monoisotopic (exact) mass is 430 g/mol. The molecule has 9 heteroatoms. The van der Waals surface area contributed by atoms with Crippen LogP contribution in [0.4, 0.5) is 11.8 Å². The molecule has 0 aliphatic carbocycles. The van der Waals surface area contributed by atoms with Gasteiger partial charge in [0, 0.05) is 57.9 Å². The van der Waals surface area contributed by atoms with E-state index in [1.54, 1.807) is 6.92 Å². The molecule has 0 spiro atoms. The summed E-state index contributed by atoms with van der Waals surface area (Å²) in [5.41, 5.74) is 1.47. The lowest BCUT2D eigenvalue weighted by molar-refractivity contribution is -0.129. The van der Waals surface area contributed by atoms with E-state index in [2.05, 4.69) is 9.80 Å². The quantitative estimate of drug-likeness (QED) is 0.677. The van der Waals surface area contributed by atoms with E-state index >= 15 is 0 Å². The third-order valence-electron chi connectivity index (χ3n) is 6.56. The minimum atomic E-state index is -0.0159. The number of anilines is 2. The number of hydrogen-bond donors (Lipinski definition) is 0. The predicted molar refractivity (Wildman–Crippen MR) is 118 cm³/mol. The molecule has 4 rings (SSSR count). The molecule has 3 aliphatic heterocycles. The fraction of sp³-hybridized carbons (Fsp3) is 0.727. The predicted octanol–water partition coefficient (Wildman–Crippen LogP) is 1.51. The van der Waals surface area contributed by atoms with Gasteiger partial charge in [-0.2, -0.15) is 4.98 Å². The molecule has 2 saturated heterocycles. The molecule has 31 heavy (non-hydrogen) atoms. The van der Waals surface area contributed by atoms with Gasteiger partial charge in [-0.25, -0.2) is 4.98 Å². The lowest BCUT2D eigenvalue weighted by Gasteiger charge is -2.35. The van der Waals surface area contributed by atoms with E-state index in [9.17, 15) is 9.59 Å². The molecule has 2 fully saturated rings. The largest absolute Gasteiger partial charge is 0.380 e. The van der Waals surface area contributed by atoms with E-state index < -0.39 is 0 Å². The molecule has 1 atom stereocenters. The first-order valence-corrected chi connectivity index (χ1v) is 11.5. The maximum atomic E-state index is 13.2.